The lowest BCUT2D eigenvalue weighted by Gasteiger charge is -2.21. The molecule has 0 unspecified atom stereocenters. The Labute approximate surface area is 248 Å². The first-order valence-electron chi connectivity index (χ1n) is 14.1. The predicted octanol–water partition coefficient (Wildman–Crippen LogP) is 11.2. The fraction of sp³-hybridized carbons (Fsp3) is 0.0769. The Morgan fingerprint density at radius 2 is 1.10 bits per heavy atom. The SMILES string of the molecule is CC1(C)c2ccccc2-c2c(-c3ccc4c(c3)c3cc(-c5ccc(Br)cc5)ccc3n4-c3ccccc3)cccc21. The van der Waals surface area contributed by atoms with Gasteiger partial charge in [0.25, 0.3) is 0 Å². The molecule has 0 radical (unpaired) electrons. The van der Waals surface area contributed by atoms with E-state index in [0.29, 0.717) is 0 Å². The van der Waals surface area contributed by atoms with Crippen molar-refractivity contribution in [1.82, 2.24) is 4.57 Å². The second-order valence-electron chi connectivity index (χ2n) is 11.5. The average molecular weight is 591 g/mol. The topological polar surface area (TPSA) is 4.93 Å². The Morgan fingerprint density at radius 3 is 1.85 bits per heavy atom. The molecule has 8 rings (SSSR count). The van der Waals surface area contributed by atoms with Gasteiger partial charge >= 0.3 is 0 Å². The summed E-state index contributed by atoms with van der Waals surface area (Å²) in [6.45, 7) is 4.70. The minimum Gasteiger partial charge on any atom is -0.309 e. The van der Waals surface area contributed by atoms with Crippen molar-refractivity contribution in [3.63, 3.8) is 0 Å². The van der Waals surface area contributed by atoms with Crippen LogP contribution in [0.2, 0.25) is 0 Å². The largest absolute Gasteiger partial charge is 0.309 e. The summed E-state index contributed by atoms with van der Waals surface area (Å²) >= 11 is 3.58. The van der Waals surface area contributed by atoms with Crippen molar-refractivity contribution < 1.29 is 0 Å². The molecule has 0 saturated carbocycles. The van der Waals surface area contributed by atoms with E-state index in [-0.39, 0.29) is 5.41 Å². The molecule has 0 saturated heterocycles. The normalized spacial score (nSPS) is 13.4. The van der Waals surface area contributed by atoms with Crippen molar-refractivity contribution in [2.45, 2.75) is 19.3 Å². The van der Waals surface area contributed by atoms with E-state index in [9.17, 15) is 0 Å². The van der Waals surface area contributed by atoms with Crippen LogP contribution < -0.4 is 0 Å². The maximum Gasteiger partial charge on any atom is 0.0541 e. The molecule has 1 aromatic heterocycles. The molecular formula is C39H28BrN. The fourth-order valence-electron chi connectivity index (χ4n) is 6.86. The van der Waals surface area contributed by atoms with Crippen LogP contribution in [0.15, 0.2) is 138 Å². The molecule has 1 nitrogen and oxygen atoms in total. The lowest BCUT2D eigenvalue weighted by Crippen LogP contribution is -2.14. The quantitative estimate of drug-likeness (QED) is 0.193. The van der Waals surface area contributed by atoms with Crippen molar-refractivity contribution >= 4 is 37.7 Å². The van der Waals surface area contributed by atoms with Gasteiger partial charge in [0.05, 0.1) is 11.0 Å². The molecule has 0 atom stereocenters. The van der Waals surface area contributed by atoms with E-state index < -0.39 is 0 Å². The Hall–Kier alpha value is -4.40. The molecule has 0 spiro atoms. The molecule has 0 aliphatic heterocycles. The van der Waals surface area contributed by atoms with E-state index in [4.69, 9.17) is 0 Å². The van der Waals surface area contributed by atoms with Crippen molar-refractivity contribution in [3.8, 4) is 39.1 Å². The molecule has 1 aliphatic rings. The molecule has 0 amide bonds. The van der Waals surface area contributed by atoms with Crippen LogP contribution in [-0.4, -0.2) is 4.57 Å². The fourth-order valence-corrected chi connectivity index (χ4v) is 7.13. The molecule has 196 valence electrons. The lowest BCUT2D eigenvalue weighted by atomic mass is 9.82. The first kappa shape index (κ1) is 24.4. The first-order chi connectivity index (χ1) is 20.0. The van der Waals surface area contributed by atoms with Gasteiger partial charge in [0.2, 0.25) is 0 Å². The molecule has 6 aromatic carbocycles. The molecule has 0 N–H and O–H groups in total. The molecule has 0 fully saturated rings. The van der Waals surface area contributed by atoms with Crippen LogP contribution in [-0.2, 0) is 5.41 Å². The zero-order valence-corrected chi connectivity index (χ0v) is 24.6. The summed E-state index contributed by atoms with van der Waals surface area (Å²) in [4.78, 5) is 0. The van der Waals surface area contributed by atoms with Crippen LogP contribution in [0, 0.1) is 0 Å². The van der Waals surface area contributed by atoms with Crippen LogP contribution in [0.1, 0.15) is 25.0 Å². The maximum atomic E-state index is 3.58. The standard InChI is InChI=1S/C39H28BrN/c1-39(2)34-13-7-6-11-31(34)38-30(12-8-14-35(38)39)27-18-22-37-33(24-27)32-23-26(25-15-19-28(40)20-16-25)17-21-36(32)41(37)29-9-4-3-5-10-29/h3-24H,1-2H3. The molecule has 1 heterocycles. The molecular weight excluding hydrogens is 562 g/mol. The summed E-state index contributed by atoms with van der Waals surface area (Å²) in [5.41, 5.74) is 14.1. The highest BCUT2D eigenvalue weighted by molar-refractivity contribution is 9.10. The van der Waals surface area contributed by atoms with Gasteiger partial charge in [-0.15, -0.1) is 0 Å². The Kier molecular flexibility index (Phi) is 5.39. The van der Waals surface area contributed by atoms with Crippen molar-refractivity contribution in [2.75, 3.05) is 0 Å². The summed E-state index contributed by atoms with van der Waals surface area (Å²) in [6, 6.07) is 48.9. The van der Waals surface area contributed by atoms with E-state index in [2.05, 4.69) is 168 Å². The smallest absolute Gasteiger partial charge is 0.0541 e. The van der Waals surface area contributed by atoms with Gasteiger partial charge in [-0.3, -0.25) is 0 Å². The van der Waals surface area contributed by atoms with Gasteiger partial charge in [-0.05, 0) is 93.0 Å². The number of aromatic nitrogens is 1. The van der Waals surface area contributed by atoms with Gasteiger partial charge in [0.1, 0.15) is 0 Å². The predicted molar refractivity (Wildman–Crippen MR) is 177 cm³/mol. The maximum absolute atomic E-state index is 3.58. The second-order valence-corrected chi connectivity index (χ2v) is 12.5. The van der Waals surface area contributed by atoms with Gasteiger partial charge < -0.3 is 4.57 Å². The van der Waals surface area contributed by atoms with Crippen LogP contribution in [0.25, 0.3) is 60.9 Å². The second kappa shape index (κ2) is 9.06. The minimum atomic E-state index is -0.0189. The van der Waals surface area contributed by atoms with Gasteiger partial charge in [-0.2, -0.15) is 0 Å². The first-order valence-corrected chi connectivity index (χ1v) is 14.9. The third-order valence-corrected chi connectivity index (χ3v) is 9.40. The van der Waals surface area contributed by atoms with Crippen LogP contribution in [0.4, 0.5) is 0 Å². The Bertz CT molecular complexity index is 2110. The van der Waals surface area contributed by atoms with E-state index in [0.717, 1.165) is 4.47 Å². The molecule has 7 aromatic rings. The summed E-state index contributed by atoms with van der Waals surface area (Å²) in [5.74, 6) is 0. The lowest BCUT2D eigenvalue weighted by molar-refractivity contribution is 0.660. The number of fused-ring (bicyclic) bond motifs is 6. The van der Waals surface area contributed by atoms with Gasteiger partial charge in [-0.25, -0.2) is 0 Å². The third kappa shape index (κ3) is 3.67. The van der Waals surface area contributed by atoms with Crippen LogP contribution in [0.5, 0.6) is 0 Å². The highest BCUT2D eigenvalue weighted by Crippen LogP contribution is 2.52. The zero-order chi connectivity index (χ0) is 27.7. The Balaban J connectivity index is 1.41. The summed E-state index contributed by atoms with van der Waals surface area (Å²) in [6.07, 6.45) is 0. The minimum absolute atomic E-state index is 0.0189. The number of hydrogen-bond acceptors (Lipinski definition) is 0. The van der Waals surface area contributed by atoms with Crippen LogP contribution in [0.3, 0.4) is 0 Å². The highest BCUT2D eigenvalue weighted by Gasteiger charge is 2.36. The number of benzene rings is 6. The number of nitrogens with zero attached hydrogens (tertiary/aromatic N) is 1. The number of para-hydroxylation sites is 1. The van der Waals surface area contributed by atoms with E-state index in [1.54, 1.807) is 0 Å². The van der Waals surface area contributed by atoms with E-state index in [1.807, 2.05) is 0 Å². The molecule has 1 aliphatic carbocycles. The Morgan fingerprint density at radius 1 is 0.512 bits per heavy atom. The molecule has 41 heavy (non-hydrogen) atoms. The van der Waals surface area contributed by atoms with Gasteiger partial charge in [-0.1, -0.05) is 115 Å². The molecule has 0 bridgehead atoms. The average Bonchev–Trinajstić information content (AvgIpc) is 3.46. The monoisotopic (exact) mass is 589 g/mol. The van der Waals surface area contributed by atoms with E-state index in [1.165, 1.54) is 72.0 Å². The summed E-state index contributed by atoms with van der Waals surface area (Å²) < 4.78 is 3.49. The van der Waals surface area contributed by atoms with E-state index >= 15 is 0 Å². The number of halogens is 1. The third-order valence-electron chi connectivity index (χ3n) is 8.88. The van der Waals surface area contributed by atoms with Crippen molar-refractivity contribution in [1.29, 1.82) is 0 Å². The summed E-state index contributed by atoms with van der Waals surface area (Å²) in [7, 11) is 0. The van der Waals surface area contributed by atoms with Gasteiger partial charge in [0, 0.05) is 26.3 Å². The van der Waals surface area contributed by atoms with Gasteiger partial charge in [0.15, 0.2) is 0 Å². The zero-order valence-electron chi connectivity index (χ0n) is 23.0. The molecule has 2 heteroatoms. The van der Waals surface area contributed by atoms with Crippen molar-refractivity contribution in [3.05, 3.63) is 149 Å². The van der Waals surface area contributed by atoms with Crippen LogP contribution >= 0.6 is 15.9 Å². The summed E-state index contributed by atoms with van der Waals surface area (Å²) in [5, 5.41) is 2.53. The number of rotatable bonds is 3. The highest BCUT2D eigenvalue weighted by atomic mass is 79.9. The van der Waals surface area contributed by atoms with Crippen molar-refractivity contribution in [2.24, 2.45) is 0 Å². The number of hydrogen-bond donors (Lipinski definition) is 0.